The van der Waals surface area contributed by atoms with Crippen molar-refractivity contribution in [1.29, 1.82) is 0 Å². The summed E-state index contributed by atoms with van der Waals surface area (Å²) in [6.07, 6.45) is 2.16. The van der Waals surface area contributed by atoms with Gasteiger partial charge in [-0.05, 0) is 49.3 Å². The number of rotatable bonds is 6. The summed E-state index contributed by atoms with van der Waals surface area (Å²) in [5.41, 5.74) is 0.165. The van der Waals surface area contributed by atoms with Gasteiger partial charge in [0.15, 0.2) is 0 Å². The molecule has 182 valence electrons. The van der Waals surface area contributed by atoms with Crippen LogP contribution in [0.2, 0.25) is 0 Å². The van der Waals surface area contributed by atoms with Crippen molar-refractivity contribution < 1.29 is 18.0 Å². The Hall–Kier alpha value is -3.69. The van der Waals surface area contributed by atoms with Gasteiger partial charge in [0.25, 0.3) is 11.5 Å². The highest BCUT2D eigenvalue weighted by Gasteiger charge is 2.43. The van der Waals surface area contributed by atoms with Gasteiger partial charge in [0, 0.05) is 17.6 Å². The van der Waals surface area contributed by atoms with E-state index >= 15 is 0 Å². The Labute approximate surface area is 198 Å². The number of carbonyl (C=O) groups is 1. The van der Waals surface area contributed by atoms with Gasteiger partial charge in [0.05, 0.1) is 22.8 Å². The Morgan fingerprint density at radius 1 is 1.23 bits per heavy atom. The van der Waals surface area contributed by atoms with Crippen molar-refractivity contribution in [3.05, 3.63) is 76.1 Å². The van der Waals surface area contributed by atoms with Crippen LogP contribution in [-0.2, 0) is 12.6 Å². The minimum Gasteiger partial charge on any atom is -0.348 e. The predicted molar refractivity (Wildman–Crippen MR) is 124 cm³/mol. The molecule has 10 heteroatoms. The Balaban J connectivity index is 1.24. The number of imidazole rings is 1. The van der Waals surface area contributed by atoms with Gasteiger partial charge in [0.1, 0.15) is 11.3 Å². The van der Waals surface area contributed by atoms with Gasteiger partial charge in [0.2, 0.25) is 0 Å². The van der Waals surface area contributed by atoms with Crippen LogP contribution in [0.15, 0.2) is 53.6 Å². The molecule has 5 rings (SSSR count). The van der Waals surface area contributed by atoms with E-state index in [9.17, 15) is 22.8 Å². The van der Waals surface area contributed by atoms with Crippen molar-refractivity contribution >= 4 is 22.3 Å². The molecule has 1 amide bonds. The van der Waals surface area contributed by atoms with Crippen LogP contribution in [0.3, 0.4) is 0 Å². The van der Waals surface area contributed by atoms with E-state index in [1.54, 1.807) is 6.07 Å². The Morgan fingerprint density at radius 3 is 2.69 bits per heavy atom. The number of nitrogens with zero attached hydrogens (tertiary/aromatic N) is 3. The smallest absolute Gasteiger partial charge is 0.348 e. The number of hydrogen-bond acceptors (Lipinski definition) is 4. The molecule has 1 aliphatic carbocycles. The first-order valence-electron chi connectivity index (χ1n) is 11.5. The summed E-state index contributed by atoms with van der Waals surface area (Å²) in [7, 11) is 0. The highest BCUT2D eigenvalue weighted by atomic mass is 19.4. The summed E-state index contributed by atoms with van der Waals surface area (Å²) in [5.74, 6) is -0.361. The number of nitrogens with one attached hydrogen (secondary N) is 2. The minimum absolute atomic E-state index is 0.0252. The molecule has 0 aliphatic heterocycles. The van der Waals surface area contributed by atoms with Gasteiger partial charge in [-0.15, -0.1) is 0 Å². The topological polar surface area (TPSA) is 92.1 Å². The number of aryl methyl sites for hydroxylation is 1. The first kappa shape index (κ1) is 23.1. The van der Waals surface area contributed by atoms with Gasteiger partial charge in [-0.3, -0.25) is 14.0 Å². The normalized spacial score (nSPS) is 20.2. The molecule has 0 unspecified atom stereocenters. The number of hydrogen-bond donors (Lipinski definition) is 2. The predicted octanol–water partition coefficient (Wildman–Crippen LogP) is 4.51. The lowest BCUT2D eigenvalue weighted by Gasteiger charge is -2.48. The number of alkyl halides is 3. The molecule has 7 nitrogen and oxygen atoms in total. The zero-order chi connectivity index (χ0) is 24.8. The van der Waals surface area contributed by atoms with Crippen LogP contribution >= 0.6 is 0 Å². The number of pyridine rings is 1. The van der Waals surface area contributed by atoms with Gasteiger partial charge in [-0.25, -0.2) is 10.1 Å². The number of amides is 1. The zero-order valence-corrected chi connectivity index (χ0v) is 19.0. The van der Waals surface area contributed by atoms with E-state index in [1.807, 2.05) is 18.2 Å². The first-order valence-corrected chi connectivity index (χ1v) is 11.5. The van der Waals surface area contributed by atoms with Crippen molar-refractivity contribution in [1.82, 2.24) is 24.9 Å². The lowest BCUT2D eigenvalue weighted by molar-refractivity contribution is -0.137. The maximum absolute atomic E-state index is 12.9. The molecule has 0 radical (unpaired) electrons. The molecule has 1 aliphatic rings. The molecule has 1 fully saturated rings. The number of H-pyrrole nitrogens is 1. The fraction of sp³-hybridized carbons (Fsp3) is 0.360. The molecule has 3 aromatic heterocycles. The molecule has 0 spiro atoms. The average Bonchev–Trinajstić information content (AvgIpc) is 3.24. The van der Waals surface area contributed by atoms with Crippen LogP contribution in [0.4, 0.5) is 13.2 Å². The number of benzene rings is 1. The van der Waals surface area contributed by atoms with Crippen LogP contribution in [0.25, 0.3) is 16.4 Å². The van der Waals surface area contributed by atoms with Crippen molar-refractivity contribution in [3.8, 4) is 0 Å². The van der Waals surface area contributed by atoms with E-state index in [0.29, 0.717) is 11.8 Å². The SMILES string of the molecule is CC[C@]1(CCc2n[nH]c(=O)c3ccccc23)C[C@H](NC(=O)c2cnc3cc(C(F)(F)F)ccn23)C1. The Kier molecular flexibility index (Phi) is 5.61. The Bertz CT molecular complexity index is 1470. The highest BCUT2D eigenvalue weighted by Crippen LogP contribution is 2.47. The minimum atomic E-state index is -4.47. The van der Waals surface area contributed by atoms with Crippen LogP contribution in [0.1, 0.15) is 54.4 Å². The van der Waals surface area contributed by atoms with Crippen molar-refractivity contribution in [2.45, 2.75) is 51.2 Å². The van der Waals surface area contributed by atoms with Gasteiger partial charge in [-0.1, -0.05) is 31.5 Å². The second kappa shape index (κ2) is 8.51. The van der Waals surface area contributed by atoms with Gasteiger partial charge < -0.3 is 5.32 Å². The van der Waals surface area contributed by atoms with E-state index < -0.39 is 11.7 Å². The third kappa shape index (κ3) is 4.28. The third-order valence-electron chi connectivity index (χ3n) is 7.18. The summed E-state index contributed by atoms with van der Waals surface area (Å²) >= 11 is 0. The van der Waals surface area contributed by atoms with Crippen molar-refractivity contribution in [3.63, 3.8) is 0 Å². The molecule has 0 atom stereocenters. The van der Waals surface area contributed by atoms with Crippen LogP contribution in [0.5, 0.6) is 0 Å². The number of aromatic nitrogens is 4. The zero-order valence-electron chi connectivity index (χ0n) is 19.0. The fourth-order valence-corrected chi connectivity index (χ4v) is 5.09. The molecule has 0 bridgehead atoms. The van der Waals surface area contributed by atoms with Crippen molar-refractivity contribution in [2.24, 2.45) is 5.41 Å². The van der Waals surface area contributed by atoms with E-state index in [2.05, 4.69) is 27.4 Å². The standard InChI is InChI=1S/C25H24F3N5O2/c1-2-24(9-7-19-17-5-3-4-6-18(17)22(34)32-31-19)12-16(13-24)30-23(35)20-14-29-21-11-15(25(26,27)28)8-10-33(20)21/h3-6,8,10-11,14,16H,2,7,9,12-13H2,1H3,(H,30,35)(H,32,34)/t16-,24-. The summed E-state index contributed by atoms with van der Waals surface area (Å²) < 4.78 is 40.2. The second-order valence-electron chi connectivity index (χ2n) is 9.26. The molecular formula is C25H24F3N5O2. The largest absolute Gasteiger partial charge is 0.416 e. The summed E-state index contributed by atoms with van der Waals surface area (Å²) in [6, 6.07) is 9.25. The first-order chi connectivity index (χ1) is 16.7. The highest BCUT2D eigenvalue weighted by molar-refractivity contribution is 5.93. The van der Waals surface area contributed by atoms with E-state index in [0.717, 1.165) is 48.9 Å². The third-order valence-corrected chi connectivity index (χ3v) is 7.18. The number of fused-ring (bicyclic) bond motifs is 2. The van der Waals surface area contributed by atoms with Gasteiger partial charge in [-0.2, -0.15) is 18.3 Å². The van der Waals surface area contributed by atoms with Gasteiger partial charge >= 0.3 is 6.18 Å². The van der Waals surface area contributed by atoms with Crippen molar-refractivity contribution in [2.75, 3.05) is 0 Å². The molecular weight excluding hydrogens is 459 g/mol. The summed E-state index contributed by atoms with van der Waals surface area (Å²) in [6.45, 7) is 2.12. The monoisotopic (exact) mass is 483 g/mol. The maximum atomic E-state index is 12.9. The van der Waals surface area contributed by atoms with E-state index in [1.165, 1.54) is 16.8 Å². The molecule has 35 heavy (non-hydrogen) atoms. The number of aromatic amines is 1. The second-order valence-corrected chi connectivity index (χ2v) is 9.26. The van der Waals surface area contributed by atoms with E-state index in [-0.39, 0.29) is 34.3 Å². The van der Waals surface area contributed by atoms with E-state index in [4.69, 9.17) is 0 Å². The molecule has 1 aromatic carbocycles. The van der Waals surface area contributed by atoms with Crippen LogP contribution in [0, 0.1) is 5.41 Å². The number of carbonyl (C=O) groups excluding carboxylic acids is 1. The van der Waals surface area contributed by atoms with Crippen LogP contribution < -0.4 is 10.9 Å². The average molecular weight is 483 g/mol. The molecule has 1 saturated carbocycles. The lowest BCUT2D eigenvalue weighted by atomic mass is 9.61. The summed E-state index contributed by atoms with van der Waals surface area (Å²) in [4.78, 5) is 28.8. The van der Waals surface area contributed by atoms with Crippen LogP contribution in [-0.4, -0.2) is 31.5 Å². The summed E-state index contributed by atoms with van der Waals surface area (Å²) in [5, 5.41) is 11.3. The molecule has 4 aromatic rings. The lowest BCUT2D eigenvalue weighted by Crippen LogP contribution is -2.51. The maximum Gasteiger partial charge on any atom is 0.416 e. The molecule has 3 heterocycles. The number of halogens is 3. The molecule has 0 saturated heterocycles. The fourth-order valence-electron chi connectivity index (χ4n) is 5.09. The Morgan fingerprint density at radius 2 is 1.97 bits per heavy atom. The molecule has 2 N–H and O–H groups in total. The quantitative estimate of drug-likeness (QED) is 0.422.